The Morgan fingerprint density at radius 1 is 1.05 bits per heavy atom. The summed E-state index contributed by atoms with van der Waals surface area (Å²) in [6, 6.07) is 6.70. The fourth-order valence-corrected chi connectivity index (χ4v) is 3.59. The Morgan fingerprint density at radius 2 is 1.71 bits per heavy atom. The van der Waals surface area contributed by atoms with Crippen molar-refractivity contribution in [2.45, 2.75) is 16.8 Å². The molecule has 0 spiro atoms. The van der Waals surface area contributed by atoms with E-state index in [1.807, 2.05) is 0 Å². The van der Waals surface area contributed by atoms with Gasteiger partial charge in [0.15, 0.2) is 5.03 Å². The van der Waals surface area contributed by atoms with Crippen LogP contribution in [0.1, 0.15) is 6.92 Å². The molecule has 0 radical (unpaired) electrons. The van der Waals surface area contributed by atoms with Crippen LogP contribution >= 0.6 is 0 Å². The highest BCUT2D eigenvalue weighted by atomic mass is 32.2. The van der Waals surface area contributed by atoms with E-state index in [-0.39, 0.29) is 22.2 Å². The van der Waals surface area contributed by atoms with Crippen molar-refractivity contribution in [3.8, 4) is 0 Å². The van der Waals surface area contributed by atoms with Gasteiger partial charge in [-0.1, -0.05) is 6.92 Å². The van der Waals surface area contributed by atoms with Gasteiger partial charge in [0.2, 0.25) is 10.0 Å². The highest BCUT2D eigenvalue weighted by Crippen LogP contribution is 2.17. The minimum atomic E-state index is -3.76. The number of hydrogen-bond acceptors (Lipinski definition) is 5. The molecule has 2 rings (SSSR count). The first-order valence-corrected chi connectivity index (χ1v) is 8.94. The monoisotopic (exact) mass is 330 g/mol. The number of nitrogens with zero attached hydrogens (tertiary/aromatic N) is 1. The molecule has 8 nitrogen and oxygen atoms in total. The van der Waals surface area contributed by atoms with Gasteiger partial charge in [-0.15, -0.1) is 0 Å². The second-order valence-corrected chi connectivity index (χ2v) is 7.47. The topological polar surface area (TPSA) is 121 Å². The summed E-state index contributed by atoms with van der Waals surface area (Å²) in [4.78, 5) is 0.0637. The molecule has 10 heteroatoms. The number of aromatic amines is 1. The van der Waals surface area contributed by atoms with E-state index in [0.717, 1.165) is 0 Å². The van der Waals surface area contributed by atoms with Gasteiger partial charge in [-0.3, -0.25) is 9.82 Å². The van der Waals surface area contributed by atoms with Gasteiger partial charge in [-0.25, -0.2) is 13.1 Å². The van der Waals surface area contributed by atoms with Crippen LogP contribution < -0.4 is 9.44 Å². The average Bonchev–Trinajstić information content (AvgIpc) is 2.93. The molecule has 0 aliphatic heterocycles. The second kappa shape index (κ2) is 5.84. The smallest absolute Gasteiger partial charge is 0.278 e. The summed E-state index contributed by atoms with van der Waals surface area (Å²) in [5, 5.41) is 5.83. The lowest BCUT2D eigenvalue weighted by Gasteiger charge is -2.08. The molecule has 0 fully saturated rings. The lowest BCUT2D eigenvalue weighted by Crippen LogP contribution is -2.23. The van der Waals surface area contributed by atoms with Crippen LogP contribution in [0.2, 0.25) is 0 Å². The summed E-state index contributed by atoms with van der Waals surface area (Å²) in [6.07, 6.45) is 1.32. The molecule has 0 aliphatic rings. The van der Waals surface area contributed by atoms with Gasteiger partial charge in [-0.05, 0) is 30.3 Å². The molecule has 0 unspecified atom stereocenters. The summed E-state index contributed by atoms with van der Waals surface area (Å²) in [5.41, 5.74) is 0.250. The molecule has 0 saturated heterocycles. The molecule has 1 aromatic heterocycles. The van der Waals surface area contributed by atoms with Crippen LogP contribution in [0.15, 0.2) is 46.5 Å². The second-order valence-electron chi connectivity index (χ2n) is 4.05. The van der Waals surface area contributed by atoms with Gasteiger partial charge in [0.25, 0.3) is 10.0 Å². The number of nitrogens with one attached hydrogen (secondary N) is 3. The number of aromatic nitrogens is 2. The minimum absolute atomic E-state index is 0.0637. The zero-order valence-corrected chi connectivity index (χ0v) is 12.7. The molecular formula is C11H14N4O4S2. The Bertz CT molecular complexity index is 796. The molecule has 1 heterocycles. The third kappa shape index (κ3) is 3.60. The van der Waals surface area contributed by atoms with Crippen LogP contribution in [-0.4, -0.2) is 33.6 Å². The normalized spacial score (nSPS) is 12.2. The third-order valence-electron chi connectivity index (χ3n) is 2.52. The van der Waals surface area contributed by atoms with Gasteiger partial charge in [-0.2, -0.15) is 13.5 Å². The molecule has 0 bridgehead atoms. The Hall–Kier alpha value is -1.91. The SMILES string of the molecule is CCNS(=O)(=O)c1ccc(NS(=O)(=O)c2ccn[nH]2)cc1. The number of anilines is 1. The van der Waals surface area contributed by atoms with Gasteiger partial charge in [0, 0.05) is 12.2 Å². The van der Waals surface area contributed by atoms with E-state index >= 15 is 0 Å². The first-order valence-electron chi connectivity index (χ1n) is 5.97. The van der Waals surface area contributed by atoms with Gasteiger partial charge < -0.3 is 0 Å². The van der Waals surface area contributed by atoms with E-state index in [4.69, 9.17) is 0 Å². The molecule has 114 valence electrons. The quantitative estimate of drug-likeness (QED) is 0.712. The zero-order chi connectivity index (χ0) is 15.5. The Kier molecular flexibility index (Phi) is 4.30. The molecule has 0 atom stereocenters. The maximum Gasteiger partial charge on any atom is 0.278 e. The maximum absolute atomic E-state index is 11.9. The van der Waals surface area contributed by atoms with E-state index in [2.05, 4.69) is 19.6 Å². The van der Waals surface area contributed by atoms with Gasteiger partial charge >= 0.3 is 0 Å². The zero-order valence-electron chi connectivity index (χ0n) is 11.1. The van der Waals surface area contributed by atoms with E-state index in [1.54, 1.807) is 6.92 Å². The van der Waals surface area contributed by atoms with Crippen LogP contribution in [0, 0.1) is 0 Å². The fourth-order valence-electron chi connectivity index (χ4n) is 1.58. The number of benzene rings is 1. The van der Waals surface area contributed by atoms with Gasteiger partial charge in [0.05, 0.1) is 11.1 Å². The lowest BCUT2D eigenvalue weighted by atomic mass is 10.3. The van der Waals surface area contributed by atoms with Crippen molar-refractivity contribution in [3.63, 3.8) is 0 Å². The van der Waals surface area contributed by atoms with Crippen molar-refractivity contribution >= 4 is 25.7 Å². The van der Waals surface area contributed by atoms with E-state index in [0.29, 0.717) is 0 Å². The molecule has 3 N–H and O–H groups in total. The van der Waals surface area contributed by atoms with Crippen LogP contribution in [0.4, 0.5) is 5.69 Å². The number of rotatable bonds is 6. The van der Waals surface area contributed by atoms with E-state index in [9.17, 15) is 16.8 Å². The highest BCUT2D eigenvalue weighted by molar-refractivity contribution is 7.92. The predicted octanol–water partition coefficient (Wildman–Crippen LogP) is 0.509. The van der Waals surface area contributed by atoms with Crippen LogP contribution in [0.5, 0.6) is 0 Å². The van der Waals surface area contributed by atoms with E-state index in [1.165, 1.54) is 36.5 Å². The Morgan fingerprint density at radius 3 is 2.24 bits per heavy atom. The van der Waals surface area contributed by atoms with Crippen molar-refractivity contribution in [2.75, 3.05) is 11.3 Å². The standard InChI is InChI=1S/C11H14N4O4S2/c1-2-13-20(16,17)10-5-3-9(4-6-10)15-21(18,19)11-7-8-12-14-11/h3-8,13,15H,2H2,1H3,(H,12,14). The fraction of sp³-hybridized carbons (Fsp3) is 0.182. The highest BCUT2D eigenvalue weighted by Gasteiger charge is 2.16. The van der Waals surface area contributed by atoms with Crippen LogP contribution in [0.3, 0.4) is 0 Å². The maximum atomic E-state index is 11.9. The van der Waals surface area contributed by atoms with Crippen molar-refractivity contribution < 1.29 is 16.8 Å². The number of hydrogen-bond donors (Lipinski definition) is 3. The average molecular weight is 330 g/mol. The first-order chi connectivity index (χ1) is 9.85. The molecule has 21 heavy (non-hydrogen) atoms. The summed E-state index contributed by atoms with van der Waals surface area (Å²) in [7, 11) is -7.32. The summed E-state index contributed by atoms with van der Waals surface area (Å²) >= 11 is 0. The molecular weight excluding hydrogens is 316 g/mol. The lowest BCUT2D eigenvalue weighted by molar-refractivity contribution is 0.584. The molecule has 0 saturated carbocycles. The van der Waals surface area contributed by atoms with Crippen LogP contribution in [-0.2, 0) is 20.0 Å². The first kappa shape index (κ1) is 15.5. The summed E-state index contributed by atoms with van der Waals surface area (Å²) in [6.45, 7) is 1.95. The van der Waals surface area contributed by atoms with Crippen molar-refractivity contribution in [1.82, 2.24) is 14.9 Å². The summed E-state index contributed by atoms with van der Waals surface area (Å²) < 4.78 is 52.0. The summed E-state index contributed by atoms with van der Waals surface area (Å²) in [5.74, 6) is 0. The molecule has 1 aromatic carbocycles. The molecule has 0 aliphatic carbocycles. The van der Waals surface area contributed by atoms with E-state index < -0.39 is 20.0 Å². The predicted molar refractivity (Wildman–Crippen MR) is 76.7 cm³/mol. The molecule has 0 amide bonds. The minimum Gasteiger partial charge on any atom is -0.278 e. The molecule has 2 aromatic rings. The van der Waals surface area contributed by atoms with Crippen molar-refractivity contribution in [3.05, 3.63) is 36.5 Å². The number of H-pyrrole nitrogens is 1. The van der Waals surface area contributed by atoms with Crippen molar-refractivity contribution in [1.29, 1.82) is 0 Å². The van der Waals surface area contributed by atoms with Crippen LogP contribution in [0.25, 0.3) is 0 Å². The van der Waals surface area contributed by atoms with Gasteiger partial charge in [0.1, 0.15) is 0 Å². The Balaban J connectivity index is 2.21. The third-order valence-corrected chi connectivity index (χ3v) is 5.39. The Labute approximate surface area is 122 Å². The largest absolute Gasteiger partial charge is 0.278 e. The van der Waals surface area contributed by atoms with Crippen molar-refractivity contribution in [2.24, 2.45) is 0 Å². The number of sulfonamides is 2.